The van der Waals surface area contributed by atoms with Gasteiger partial charge in [0.25, 0.3) is 0 Å². The van der Waals surface area contributed by atoms with E-state index in [2.05, 4.69) is 21.0 Å². The average Bonchev–Trinajstić information content (AvgIpc) is 2.88. The lowest BCUT2D eigenvalue weighted by atomic mass is 10.3. The molecule has 0 saturated carbocycles. The number of aliphatic hydroxyl groups excluding tert-OH is 1. The molecule has 1 rings (SSSR count). The minimum Gasteiger partial charge on any atom is -0.473 e. The van der Waals surface area contributed by atoms with Crippen LogP contribution in [-0.4, -0.2) is 52.9 Å². The van der Waals surface area contributed by atoms with E-state index < -0.39 is 6.10 Å². The Hall–Kier alpha value is -0.760. The first-order chi connectivity index (χ1) is 8.83. The van der Waals surface area contributed by atoms with Gasteiger partial charge in [0.15, 0.2) is 0 Å². The van der Waals surface area contributed by atoms with E-state index in [1.54, 1.807) is 0 Å². The van der Waals surface area contributed by atoms with Crippen LogP contribution in [0, 0.1) is 0 Å². The van der Waals surface area contributed by atoms with Gasteiger partial charge >= 0.3 is 0 Å². The molecule has 1 heterocycles. The van der Waals surface area contributed by atoms with E-state index in [0.29, 0.717) is 12.4 Å². The van der Waals surface area contributed by atoms with Crippen molar-refractivity contribution in [3.05, 3.63) is 6.20 Å². The van der Waals surface area contributed by atoms with Crippen molar-refractivity contribution in [2.75, 3.05) is 32.9 Å². The predicted molar refractivity (Wildman–Crippen MR) is 70.0 cm³/mol. The van der Waals surface area contributed by atoms with Gasteiger partial charge in [0.1, 0.15) is 18.9 Å². The van der Waals surface area contributed by atoms with Gasteiger partial charge in [-0.05, 0) is 19.4 Å². The number of rotatable bonds is 11. The summed E-state index contributed by atoms with van der Waals surface area (Å²) in [6, 6.07) is 0. The summed E-state index contributed by atoms with van der Waals surface area (Å²) in [5.74, 6) is 0.465. The lowest BCUT2D eigenvalue weighted by Gasteiger charge is -2.11. The van der Waals surface area contributed by atoms with Crippen LogP contribution in [0.2, 0.25) is 0 Å². The van der Waals surface area contributed by atoms with Crippen molar-refractivity contribution in [1.82, 2.24) is 14.1 Å². The fraction of sp³-hybridized carbons (Fsp3) is 0.818. The van der Waals surface area contributed by atoms with Crippen LogP contribution in [0.25, 0.3) is 0 Å². The lowest BCUT2D eigenvalue weighted by molar-refractivity contribution is 0.102. The van der Waals surface area contributed by atoms with Crippen LogP contribution >= 0.6 is 11.7 Å². The second-order valence-corrected chi connectivity index (χ2v) is 4.44. The van der Waals surface area contributed by atoms with Crippen LogP contribution in [0.15, 0.2) is 6.20 Å². The summed E-state index contributed by atoms with van der Waals surface area (Å²) in [5, 5.41) is 12.8. The molecule has 104 valence electrons. The number of nitrogens with zero attached hydrogens (tertiary/aromatic N) is 2. The van der Waals surface area contributed by atoms with Crippen molar-refractivity contribution >= 4 is 11.7 Å². The minimum atomic E-state index is -0.539. The van der Waals surface area contributed by atoms with E-state index >= 15 is 0 Å². The molecular weight excluding hydrogens is 254 g/mol. The monoisotopic (exact) mass is 275 g/mol. The third kappa shape index (κ3) is 7.54. The molecule has 0 spiro atoms. The second-order valence-electron chi connectivity index (χ2n) is 3.88. The highest BCUT2D eigenvalue weighted by Gasteiger charge is 2.05. The Kier molecular flexibility index (Phi) is 8.66. The molecule has 2 N–H and O–H groups in total. The van der Waals surface area contributed by atoms with Crippen molar-refractivity contribution in [3.8, 4) is 5.88 Å². The standard InChI is InChI=1S/C11H21N3O3S/c1-2-5-16-6-3-4-12-7-10(15)9-17-11-8-13-18-14-11/h8,10,12,15H,2-7,9H2,1H3. The SMILES string of the molecule is CCCOCCCNCC(O)COc1cnsn1. The van der Waals surface area contributed by atoms with Gasteiger partial charge in [-0.1, -0.05) is 6.92 Å². The van der Waals surface area contributed by atoms with E-state index in [9.17, 15) is 5.11 Å². The van der Waals surface area contributed by atoms with Crippen LogP contribution < -0.4 is 10.1 Å². The Labute approximate surface area is 112 Å². The Bertz CT molecular complexity index is 285. The molecule has 0 radical (unpaired) electrons. The molecule has 0 aromatic carbocycles. The zero-order valence-electron chi connectivity index (χ0n) is 10.7. The first kappa shape index (κ1) is 15.3. The first-order valence-corrected chi connectivity index (χ1v) is 6.92. The highest BCUT2D eigenvalue weighted by atomic mass is 32.1. The molecule has 1 aromatic heterocycles. The molecule has 1 unspecified atom stereocenters. The molecule has 1 atom stereocenters. The summed E-state index contributed by atoms with van der Waals surface area (Å²) >= 11 is 1.09. The highest BCUT2D eigenvalue weighted by Crippen LogP contribution is 2.04. The van der Waals surface area contributed by atoms with Crippen molar-refractivity contribution < 1.29 is 14.6 Å². The summed E-state index contributed by atoms with van der Waals surface area (Å²) < 4.78 is 18.3. The van der Waals surface area contributed by atoms with Crippen LogP contribution in [0.4, 0.5) is 0 Å². The average molecular weight is 275 g/mol. The van der Waals surface area contributed by atoms with Gasteiger partial charge in [0.05, 0.1) is 11.7 Å². The van der Waals surface area contributed by atoms with Crippen molar-refractivity contribution in [2.24, 2.45) is 0 Å². The Morgan fingerprint density at radius 3 is 3.11 bits per heavy atom. The Morgan fingerprint density at radius 1 is 1.50 bits per heavy atom. The quantitative estimate of drug-likeness (QED) is 0.579. The molecule has 1 aromatic rings. The van der Waals surface area contributed by atoms with Gasteiger partial charge in [-0.3, -0.25) is 0 Å². The molecule has 0 amide bonds. The van der Waals surface area contributed by atoms with E-state index in [-0.39, 0.29) is 6.61 Å². The van der Waals surface area contributed by atoms with Crippen LogP contribution in [0.1, 0.15) is 19.8 Å². The number of hydrogen-bond acceptors (Lipinski definition) is 7. The van der Waals surface area contributed by atoms with Gasteiger partial charge in [0.2, 0.25) is 5.88 Å². The molecule has 7 heteroatoms. The second kappa shape index (κ2) is 10.2. The molecule has 0 saturated heterocycles. The number of ether oxygens (including phenoxy) is 2. The maximum absolute atomic E-state index is 9.63. The third-order valence-corrected chi connectivity index (χ3v) is 2.60. The van der Waals surface area contributed by atoms with Gasteiger partial charge in [0, 0.05) is 19.8 Å². The van der Waals surface area contributed by atoms with Crippen LogP contribution in [-0.2, 0) is 4.74 Å². The van der Waals surface area contributed by atoms with Crippen LogP contribution in [0.3, 0.4) is 0 Å². The van der Waals surface area contributed by atoms with Crippen molar-refractivity contribution in [2.45, 2.75) is 25.9 Å². The Morgan fingerprint density at radius 2 is 2.39 bits per heavy atom. The van der Waals surface area contributed by atoms with Gasteiger partial charge in [-0.2, -0.15) is 4.37 Å². The minimum absolute atomic E-state index is 0.227. The summed E-state index contributed by atoms with van der Waals surface area (Å²) in [7, 11) is 0. The summed E-state index contributed by atoms with van der Waals surface area (Å²) in [6.45, 7) is 5.23. The van der Waals surface area contributed by atoms with E-state index in [1.807, 2.05) is 0 Å². The largest absolute Gasteiger partial charge is 0.473 e. The number of hydrogen-bond donors (Lipinski definition) is 2. The van der Waals surface area contributed by atoms with E-state index in [1.165, 1.54) is 6.20 Å². The molecule has 6 nitrogen and oxygen atoms in total. The maximum Gasteiger partial charge on any atom is 0.245 e. The molecule has 0 fully saturated rings. The first-order valence-electron chi connectivity index (χ1n) is 6.19. The fourth-order valence-corrected chi connectivity index (χ4v) is 1.64. The van der Waals surface area contributed by atoms with Gasteiger partial charge in [-0.15, -0.1) is 4.37 Å². The Balaban J connectivity index is 1.89. The smallest absolute Gasteiger partial charge is 0.245 e. The zero-order chi connectivity index (χ0) is 13.1. The topological polar surface area (TPSA) is 76.5 Å². The lowest BCUT2D eigenvalue weighted by Crippen LogP contribution is -2.32. The molecular formula is C11H21N3O3S. The molecule has 0 aliphatic rings. The number of aliphatic hydroxyl groups is 1. The van der Waals surface area contributed by atoms with Gasteiger partial charge < -0.3 is 19.9 Å². The van der Waals surface area contributed by atoms with Gasteiger partial charge in [-0.25, -0.2) is 0 Å². The zero-order valence-corrected chi connectivity index (χ0v) is 11.5. The maximum atomic E-state index is 9.63. The number of nitrogens with one attached hydrogen (secondary N) is 1. The summed E-state index contributed by atoms with van der Waals surface area (Å²) in [5.41, 5.74) is 0. The van der Waals surface area contributed by atoms with Crippen molar-refractivity contribution in [3.63, 3.8) is 0 Å². The fourth-order valence-electron chi connectivity index (χ4n) is 1.27. The molecule has 18 heavy (non-hydrogen) atoms. The molecule has 0 aliphatic heterocycles. The predicted octanol–water partition coefficient (Wildman–Crippen LogP) is 0.684. The third-order valence-electron chi connectivity index (χ3n) is 2.14. The van der Waals surface area contributed by atoms with Crippen molar-refractivity contribution in [1.29, 1.82) is 0 Å². The summed E-state index contributed by atoms with van der Waals surface area (Å²) in [6.07, 6.45) is 3.00. The molecule has 0 bridgehead atoms. The molecule has 0 aliphatic carbocycles. The van der Waals surface area contributed by atoms with E-state index in [4.69, 9.17) is 9.47 Å². The normalized spacial score (nSPS) is 12.6. The van der Waals surface area contributed by atoms with E-state index in [0.717, 1.165) is 44.3 Å². The van der Waals surface area contributed by atoms with Crippen LogP contribution in [0.5, 0.6) is 5.88 Å². The highest BCUT2D eigenvalue weighted by molar-refractivity contribution is 6.99. The summed E-state index contributed by atoms with van der Waals surface area (Å²) in [4.78, 5) is 0. The number of aromatic nitrogens is 2.